The summed E-state index contributed by atoms with van der Waals surface area (Å²) in [4.78, 5) is 0. The lowest BCUT2D eigenvalue weighted by Gasteiger charge is -2.23. The summed E-state index contributed by atoms with van der Waals surface area (Å²) in [6.45, 7) is -0.544. The summed E-state index contributed by atoms with van der Waals surface area (Å²) in [5, 5.41) is 38.9. The van der Waals surface area contributed by atoms with Crippen LogP contribution in [0.2, 0.25) is 0 Å². The van der Waals surface area contributed by atoms with Crippen molar-refractivity contribution in [1.82, 2.24) is 0 Å². The lowest BCUT2D eigenvalue weighted by Crippen LogP contribution is -2.29. The van der Waals surface area contributed by atoms with Gasteiger partial charge >= 0.3 is 0 Å². The normalized spacial score (nSPS) is 13.4. The molecule has 7 nitrogen and oxygen atoms in total. The minimum atomic E-state index is -1.16. The van der Waals surface area contributed by atoms with Crippen molar-refractivity contribution < 1.29 is 34.6 Å². The lowest BCUT2D eigenvalue weighted by molar-refractivity contribution is 0.000562. The average Bonchev–Trinajstić information content (AvgIpc) is 2.70. The van der Waals surface area contributed by atoms with Crippen LogP contribution in [-0.4, -0.2) is 54.0 Å². The van der Waals surface area contributed by atoms with Crippen LogP contribution in [0.15, 0.2) is 42.5 Å². The van der Waals surface area contributed by atoms with Gasteiger partial charge in [-0.1, -0.05) is 18.2 Å². The van der Waals surface area contributed by atoms with Crippen molar-refractivity contribution in [3.8, 4) is 23.0 Å². The summed E-state index contributed by atoms with van der Waals surface area (Å²) in [7, 11) is 2.92. The molecule has 2 aromatic rings. The Morgan fingerprint density at radius 3 is 2.37 bits per heavy atom. The molecule has 0 saturated heterocycles. The topological polar surface area (TPSA) is 109 Å². The minimum Gasteiger partial charge on any atom is -0.504 e. The van der Waals surface area contributed by atoms with E-state index in [2.05, 4.69) is 0 Å². The van der Waals surface area contributed by atoms with Crippen LogP contribution >= 0.6 is 0 Å². The van der Waals surface area contributed by atoms with Gasteiger partial charge < -0.3 is 34.6 Å². The van der Waals surface area contributed by atoms with Gasteiger partial charge in [-0.2, -0.15) is 0 Å². The molecule has 0 amide bonds. The number of benzene rings is 2. The molecule has 4 N–H and O–H groups in total. The summed E-state index contributed by atoms with van der Waals surface area (Å²) >= 11 is 0. The first-order chi connectivity index (χ1) is 13.0. The molecule has 0 spiro atoms. The molecular weight excluding hydrogens is 352 g/mol. The summed E-state index contributed by atoms with van der Waals surface area (Å²) < 4.78 is 16.0. The van der Waals surface area contributed by atoms with Crippen LogP contribution in [0.25, 0.3) is 6.08 Å². The largest absolute Gasteiger partial charge is 0.504 e. The van der Waals surface area contributed by atoms with Crippen molar-refractivity contribution in [2.45, 2.75) is 12.2 Å². The first-order valence-corrected chi connectivity index (χ1v) is 8.31. The molecule has 0 heterocycles. The van der Waals surface area contributed by atoms with Gasteiger partial charge in [0.05, 0.1) is 27.4 Å². The van der Waals surface area contributed by atoms with Gasteiger partial charge in [-0.05, 0) is 35.4 Å². The molecule has 0 unspecified atom stereocenters. The highest BCUT2D eigenvalue weighted by atomic mass is 16.5. The van der Waals surface area contributed by atoms with Gasteiger partial charge in [0.25, 0.3) is 0 Å². The van der Waals surface area contributed by atoms with Crippen LogP contribution in [0.1, 0.15) is 17.2 Å². The Bertz CT molecular complexity index is 773. The molecule has 2 rings (SSSR count). The summed E-state index contributed by atoms with van der Waals surface area (Å²) in [6, 6.07) is 9.48. The van der Waals surface area contributed by atoms with E-state index in [0.29, 0.717) is 17.1 Å². The highest BCUT2D eigenvalue weighted by molar-refractivity contribution is 5.55. The maximum Gasteiger partial charge on any atom is 0.160 e. The van der Waals surface area contributed by atoms with Gasteiger partial charge in [0.1, 0.15) is 17.6 Å². The average molecular weight is 376 g/mol. The van der Waals surface area contributed by atoms with E-state index >= 15 is 0 Å². The molecule has 0 fully saturated rings. The van der Waals surface area contributed by atoms with E-state index < -0.39 is 18.8 Å². The number of methoxy groups -OCH3 is 2. The third kappa shape index (κ3) is 5.37. The lowest BCUT2D eigenvalue weighted by atomic mass is 10.0. The Labute approximate surface area is 157 Å². The predicted octanol–water partition coefficient (Wildman–Crippen LogP) is 1.89. The van der Waals surface area contributed by atoms with Gasteiger partial charge in [0, 0.05) is 6.07 Å². The predicted molar refractivity (Wildman–Crippen MR) is 100 cm³/mol. The first kappa shape index (κ1) is 20.6. The van der Waals surface area contributed by atoms with E-state index in [-0.39, 0.29) is 18.1 Å². The van der Waals surface area contributed by atoms with Crippen molar-refractivity contribution in [2.75, 3.05) is 27.4 Å². The fourth-order valence-corrected chi connectivity index (χ4v) is 2.53. The third-order valence-corrected chi connectivity index (χ3v) is 3.92. The van der Waals surface area contributed by atoms with Crippen LogP contribution in [0, 0.1) is 0 Å². The molecule has 0 aliphatic rings. The van der Waals surface area contributed by atoms with Gasteiger partial charge in [0.15, 0.2) is 17.6 Å². The number of aliphatic hydroxyl groups excluding tert-OH is 3. The molecule has 0 radical (unpaired) electrons. The fourth-order valence-electron chi connectivity index (χ4n) is 2.53. The first-order valence-electron chi connectivity index (χ1n) is 8.31. The summed E-state index contributed by atoms with van der Waals surface area (Å²) in [6.07, 6.45) is 1.15. The number of aromatic hydroxyl groups is 1. The molecule has 0 saturated carbocycles. The second-order valence-electron chi connectivity index (χ2n) is 5.74. The van der Waals surface area contributed by atoms with Crippen LogP contribution in [-0.2, 0) is 0 Å². The van der Waals surface area contributed by atoms with Crippen LogP contribution in [0.4, 0.5) is 0 Å². The SMILES string of the molecule is COc1cc(/C=C/CO)cc(O[C@H](CO)[C@@H](O)c2ccc(O)c(OC)c2)c1. The van der Waals surface area contributed by atoms with Crippen molar-refractivity contribution >= 4 is 6.08 Å². The fraction of sp³-hybridized carbons (Fsp3) is 0.300. The number of phenols is 1. The van der Waals surface area contributed by atoms with Crippen LogP contribution in [0.5, 0.6) is 23.0 Å². The number of ether oxygens (including phenoxy) is 3. The van der Waals surface area contributed by atoms with Crippen molar-refractivity contribution in [3.05, 3.63) is 53.6 Å². The maximum absolute atomic E-state index is 10.6. The van der Waals surface area contributed by atoms with Gasteiger partial charge in [-0.15, -0.1) is 0 Å². The Kier molecular flexibility index (Phi) is 7.48. The van der Waals surface area contributed by atoms with Crippen LogP contribution in [0.3, 0.4) is 0 Å². The number of hydrogen-bond donors (Lipinski definition) is 4. The van der Waals surface area contributed by atoms with Crippen molar-refractivity contribution in [1.29, 1.82) is 0 Å². The Hall–Kier alpha value is -2.74. The zero-order chi connectivity index (χ0) is 19.8. The minimum absolute atomic E-state index is 0.0528. The molecule has 0 aliphatic heterocycles. The van der Waals surface area contributed by atoms with E-state index in [1.165, 1.54) is 32.4 Å². The zero-order valence-electron chi connectivity index (χ0n) is 15.2. The highest BCUT2D eigenvalue weighted by Crippen LogP contribution is 2.32. The number of hydrogen-bond acceptors (Lipinski definition) is 7. The smallest absolute Gasteiger partial charge is 0.160 e. The standard InChI is InChI=1S/C20H24O7/c1-25-15-8-13(4-3-7-21)9-16(11-15)27-19(12-22)20(24)14-5-6-17(23)18(10-14)26-2/h3-6,8-11,19-24H,7,12H2,1-2H3/b4-3+/t19-,20+/m1/s1. The molecular formula is C20H24O7. The zero-order valence-corrected chi connectivity index (χ0v) is 15.2. The highest BCUT2D eigenvalue weighted by Gasteiger charge is 2.23. The van der Waals surface area contributed by atoms with Gasteiger partial charge in [-0.25, -0.2) is 0 Å². The molecule has 0 aromatic heterocycles. The van der Waals surface area contributed by atoms with E-state index in [4.69, 9.17) is 19.3 Å². The van der Waals surface area contributed by atoms with E-state index in [0.717, 1.165) is 5.56 Å². The molecule has 146 valence electrons. The molecule has 27 heavy (non-hydrogen) atoms. The second-order valence-corrected chi connectivity index (χ2v) is 5.74. The van der Waals surface area contributed by atoms with Crippen molar-refractivity contribution in [2.24, 2.45) is 0 Å². The van der Waals surface area contributed by atoms with E-state index in [1.807, 2.05) is 0 Å². The third-order valence-electron chi connectivity index (χ3n) is 3.92. The van der Waals surface area contributed by atoms with Crippen LogP contribution < -0.4 is 14.2 Å². The van der Waals surface area contributed by atoms with Gasteiger partial charge in [0.2, 0.25) is 0 Å². The molecule has 0 aliphatic carbocycles. The molecule has 0 bridgehead atoms. The molecule has 2 atom stereocenters. The maximum atomic E-state index is 10.6. The molecule has 2 aromatic carbocycles. The number of aliphatic hydroxyl groups is 3. The second kappa shape index (κ2) is 9.82. The quantitative estimate of drug-likeness (QED) is 0.529. The number of rotatable bonds is 9. The van der Waals surface area contributed by atoms with Crippen molar-refractivity contribution in [3.63, 3.8) is 0 Å². The Morgan fingerprint density at radius 1 is 1.00 bits per heavy atom. The summed E-state index contributed by atoms with van der Waals surface area (Å²) in [5.74, 6) is 1.07. The van der Waals surface area contributed by atoms with E-state index in [9.17, 15) is 15.3 Å². The Morgan fingerprint density at radius 2 is 1.74 bits per heavy atom. The Balaban J connectivity index is 2.26. The number of phenolic OH excluding ortho intramolecular Hbond substituents is 1. The summed E-state index contributed by atoms with van der Waals surface area (Å²) in [5.41, 5.74) is 1.16. The van der Waals surface area contributed by atoms with Gasteiger partial charge in [-0.3, -0.25) is 0 Å². The van der Waals surface area contributed by atoms with E-state index in [1.54, 1.807) is 30.4 Å². The molecule has 7 heteroatoms. The monoisotopic (exact) mass is 376 g/mol.